The van der Waals surface area contributed by atoms with Gasteiger partial charge in [0.1, 0.15) is 5.76 Å². The Labute approximate surface area is 134 Å². The highest BCUT2D eigenvalue weighted by Crippen LogP contribution is 2.08. The van der Waals surface area contributed by atoms with Gasteiger partial charge in [-0.2, -0.15) is 0 Å². The molecule has 120 valence electrons. The zero-order chi connectivity index (χ0) is 15.2. The lowest BCUT2D eigenvalue weighted by atomic mass is 10.1. The van der Waals surface area contributed by atoms with E-state index >= 15 is 0 Å². The van der Waals surface area contributed by atoms with Crippen molar-refractivity contribution in [1.29, 1.82) is 0 Å². The summed E-state index contributed by atoms with van der Waals surface area (Å²) in [6.07, 6.45) is 0. The predicted octanol–water partition coefficient (Wildman–Crippen LogP) is 0.930. The minimum absolute atomic E-state index is 0. The molecule has 0 aliphatic carbocycles. The molecule has 0 radical (unpaired) electrons. The maximum Gasteiger partial charge on any atom is 0.235 e. The second-order valence-corrected chi connectivity index (χ2v) is 6.11. The van der Waals surface area contributed by atoms with Crippen LogP contribution in [0.1, 0.15) is 19.6 Å². The molecule has 4 N–H and O–H groups in total. The number of rotatable bonds is 7. The standard InChI is InChI=1S/C12H20N4O3S.ClH/c1-8-4-9(16-19-8)15-11(18)6-20-5-10(17)14-7-12(2,3)13;/h4H,5-7,13H2,1-3H3,(H,14,17)(H,15,16,18);1H. The SMILES string of the molecule is Cc1cc(NC(=O)CSCC(=O)NCC(C)(C)N)no1.Cl. The van der Waals surface area contributed by atoms with E-state index in [1.807, 2.05) is 13.8 Å². The number of carbonyl (C=O) groups excluding carboxylic acids is 2. The first-order chi connectivity index (χ1) is 9.26. The fourth-order valence-electron chi connectivity index (χ4n) is 1.22. The molecule has 0 aliphatic rings. The molecule has 0 unspecified atom stereocenters. The number of halogens is 1. The zero-order valence-electron chi connectivity index (χ0n) is 12.3. The van der Waals surface area contributed by atoms with Gasteiger partial charge in [-0.1, -0.05) is 5.16 Å². The molecule has 1 heterocycles. The number of amides is 2. The number of carbonyl (C=O) groups is 2. The van der Waals surface area contributed by atoms with Gasteiger partial charge in [-0.25, -0.2) is 0 Å². The highest BCUT2D eigenvalue weighted by Gasteiger charge is 2.13. The summed E-state index contributed by atoms with van der Waals surface area (Å²) in [4.78, 5) is 23.0. The van der Waals surface area contributed by atoms with E-state index in [0.717, 1.165) is 0 Å². The normalized spacial score (nSPS) is 10.7. The lowest BCUT2D eigenvalue weighted by Gasteiger charge is -2.18. The Balaban J connectivity index is 0.00000400. The number of nitrogens with two attached hydrogens (primary N) is 1. The average Bonchev–Trinajstić information content (AvgIpc) is 2.71. The quantitative estimate of drug-likeness (QED) is 0.683. The van der Waals surface area contributed by atoms with E-state index in [4.69, 9.17) is 10.3 Å². The molecule has 0 aromatic carbocycles. The molecule has 9 heteroatoms. The summed E-state index contributed by atoms with van der Waals surface area (Å²) < 4.78 is 4.82. The van der Waals surface area contributed by atoms with E-state index in [0.29, 0.717) is 18.1 Å². The first-order valence-corrected chi connectivity index (χ1v) is 7.28. The highest BCUT2D eigenvalue weighted by molar-refractivity contribution is 8.00. The summed E-state index contributed by atoms with van der Waals surface area (Å²) in [5, 5.41) is 8.93. The van der Waals surface area contributed by atoms with Crippen LogP contribution in [0.4, 0.5) is 5.82 Å². The van der Waals surface area contributed by atoms with E-state index in [9.17, 15) is 9.59 Å². The summed E-state index contributed by atoms with van der Waals surface area (Å²) in [5.74, 6) is 1.01. The largest absolute Gasteiger partial charge is 0.360 e. The van der Waals surface area contributed by atoms with E-state index in [-0.39, 0.29) is 35.7 Å². The van der Waals surface area contributed by atoms with Gasteiger partial charge in [0, 0.05) is 18.2 Å². The molecule has 0 aliphatic heterocycles. The Morgan fingerprint density at radius 3 is 2.52 bits per heavy atom. The Hall–Kier alpha value is -1.25. The second-order valence-electron chi connectivity index (χ2n) is 5.13. The number of aryl methyl sites for hydroxylation is 1. The first-order valence-electron chi connectivity index (χ1n) is 6.13. The smallest absolute Gasteiger partial charge is 0.235 e. The molecule has 0 spiro atoms. The monoisotopic (exact) mass is 336 g/mol. The molecule has 1 aromatic heterocycles. The van der Waals surface area contributed by atoms with Crippen LogP contribution in [0.3, 0.4) is 0 Å². The Morgan fingerprint density at radius 2 is 2.00 bits per heavy atom. The maximum atomic E-state index is 11.6. The van der Waals surface area contributed by atoms with Crippen molar-refractivity contribution in [3.05, 3.63) is 11.8 Å². The Kier molecular flexibility index (Phi) is 8.38. The van der Waals surface area contributed by atoms with Gasteiger partial charge in [-0.15, -0.1) is 24.2 Å². The van der Waals surface area contributed by atoms with Crippen LogP contribution in [0.2, 0.25) is 0 Å². The molecule has 0 saturated carbocycles. The van der Waals surface area contributed by atoms with E-state index in [1.54, 1.807) is 13.0 Å². The van der Waals surface area contributed by atoms with Crippen LogP contribution in [0, 0.1) is 6.92 Å². The number of nitrogens with zero attached hydrogens (tertiary/aromatic N) is 1. The minimum Gasteiger partial charge on any atom is -0.360 e. The van der Waals surface area contributed by atoms with Gasteiger partial charge >= 0.3 is 0 Å². The van der Waals surface area contributed by atoms with Crippen molar-refractivity contribution < 1.29 is 14.1 Å². The van der Waals surface area contributed by atoms with Crippen LogP contribution in [-0.4, -0.2) is 40.6 Å². The molecular weight excluding hydrogens is 316 g/mol. The molecule has 1 aromatic rings. The summed E-state index contributed by atoms with van der Waals surface area (Å²) in [5.41, 5.74) is 5.31. The van der Waals surface area contributed by atoms with Gasteiger partial charge in [-0.3, -0.25) is 9.59 Å². The maximum absolute atomic E-state index is 11.6. The lowest BCUT2D eigenvalue weighted by molar-refractivity contribution is -0.118. The van der Waals surface area contributed by atoms with Crippen molar-refractivity contribution >= 4 is 41.8 Å². The van der Waals surface area contributed by atoms with Crippen molar-refractivity contribution in [2.45, 2.75) is 26.3 Å². The van der Waals surface area contributed by atoms with Crippen molar-refractivity contribution in [2.75, 3.05) is 23.4 Å². The summed E-state index contributed by atoms with van der Waals surface area (Å²) in [7, 11) is 0. The Morgan fingerprint density at radius 1 is 1.38 bits per heavy atom. The third-order valence-corrected chi connectivity index (χ3v) is 3.04. The van der Waals surface area contributed by atoms with Gasteiger partial charge in [-0.05, 0) is 20.8 Å². The fourth-order valence-corrected chi connectivity index (χ4v) is 1.87. The fraction of sp³-hybridized carbons (Fsp3) is 0.583. The van der Waals surface area contributed by atoms with Crippen LogP contribution in [0.15, 0.2) is 10.6 Å². The zero-order valence-corrected chi connectivity index (χ0v) is 13.9. The summed E-state index contributed by atoms with van der Waals surface area (Å²) in [6.45, 7) is 5.79. The first kappa shape index (κ1) is 19.8. The van der Waals surface area contributed by atoms with Crippen LogP contribution >= 0.6 is 24.2 Å². The second kappa shape index (κ2) is 8.91. The van der Waals surface area contributed by atoms with Crippen LogP contribution < -0.4 is 16.4 Å². The molecule has 1 rings (SSSR count). The summed E-state index contributed by atoms with van der Waals surface area (Å²) >= 11 is 1.22. The molecular formula is C12H21ClN4O3S. The minimum atomic E-state index is -0.442. The van der Waals surface area contributed by atoms with Gasteiger partial charge in [0.25, 0.3) is 0 Å². The lowest BCUT2D eigenvalue weighted by Crippen LogP contribution is -2.45. The molecule has 7 nitrogen and oxygen atoms in total. The number of aromatic nitrogens is 1. The third kappa shape index (κ3) is 9.33. The average molecular weight is 337 g/mol. The molecule has 0 fully saturated rings. The molecule has 21 heavy (non-hydrogen) atoms. The number of hydrogen-bond acceptors (Lipinski definition) is 6. The van der Waals surface area contributed by atoms with Crippen molar-refractivity contribution in [1.82, 2.24) is 10.5 Å². The third-order valence-electron chi connectivity index (χ3n) is 2.10. The van der Waals surface area contributed by atoms with Gasteiger partial charge in [0.15, 0.2) is 5.82 Å². The molecule has 0 atom stereocenters. The molecule has 2 amide bonds. The van der Waals surface area contributed by atoms with E-state index in [1.165, 1.54) is 11.8 Å². The van der Waals surface area contributed by atoms with E-state index < -0.39 is 5.54 Å². The van der Waals surface area contributed by atoms with Crippen LogP contribution in [-0.2, 0) is 9.59 Å². The molecule has 0 bridgehead atoms. The van der Waals surface area contributed by atoms with Gasteiger partial charge < -0.3 is 20.9 Å². The van der Waals surface area contributed by atoms with Gasteiger partial charge in [0.05, 0.1) is 11.5 Å². The van der Waals surface area contributed by atoms with E-state index in [2.05, 4.69) is 15.8 Å². The van der Waals surface area contributed by atoms with Crippen molar-refractivity contribution in [2.24, 2.45) is 5.73 Å². The number of hydrogen-bond donors (Lipinski definition) is 3. The Bertz CT molecular complexity index is 473. The van der Waals surface area contributed by atoms with Crippen LogP contribution in [0.5, 0.6) is 0 Å². The van der Waals surface area contributed by atoms with Gasteiger partial charge in [0.2, 0.25) is 11.8 Å². The number of anilines is 1. The predicted molar refractivity (Wildman–Crippen MR) is 85.7 cm³/mol. The number of thioether (sulfide) groups is 1. The highest BCUT2D eigenvalue weighted by atomic mass is 35.5. The van der Waals surface area contributed by atoms with Crippen molar-refractivity contribution in [3.63, 3.8) is 0 Å². The summed E-state index contributed by atoms with van der Waals surface area (Å²) in [6, 6.07) is 1.62. The topological polar surface area (TPSA) is 110 Å². The van der Waals surface area contributed by atoms with Crippen LogP contribution in [0.25, 0.3) is 0 Å². The number of nitrogens with one attached hydrogen (secondary N) is 2. The van der Waals surface area contributed by atoms with Crippen molar-refractivity contribution in [3.8, 4) is 0 Å². The molecule has 0 saturated heterocycles.